The fourth-order valence-electron chi connectivity index (χ4n) is 1.57. The highest BCUT2D eigenvalue weighted by Crippen LogP contribution is 2.17. The monoisotopic (exact) mass is 226 g/mol. The molecule has 90 valence electrons. The summed E-state index contributed by atoms with van der Waals surface area (Å²) in [6.07, 6.45) is 3.43. The molecule has 1 amide bonds. The molecular formula is C10H18N4O2. The van der Waals surface area contributed by atoms with E-state index in [9.17, 15) is 4.79 Å². The number of hydrogen-bond donors (Lipinski definition) is 2. The van der Waals surface area contributed by atoms with Crippen LogP contribution in [0.25, 0.3) is 0 Å². The van der Waals surface area contributed by atoms with Crippen LogP contribution in [-0.4, -0.2) is 29.2 Å². The molecule has 0 aliphatic heterocycles. The van der Waals surface area contributed by atoms with Crippen LogP contribution in [0.1, 0.15) is 31.6 Å². The molecule has 0 aromatic carbocycles. The van der Waals surface area contributed by atoms with Crippen LogP contribution in [0.2, 0.25) is 0 Å². The Balaban J connectivity index is 3.00. The minimum Gasteiger partial charge on any atom is -0.382 e. The van der Waals surface area contributed by atoms with Crippen LogP contribution in [0.4, 0.5) is 0 Å². The number of amides is 1. The van der Waals surface area contributed by atoms with Gasteiger partial charge in [-0.05, 0) is 0 Å². The van der Waals surface area contributed by atoms with Crippen molar-refractivity contribution in [3.8, 4) is 0 Å². The van der Waals surface area contributed by atoms with Gasteiger partial charge in [0.05, 0.1) is 6.61 Å². The normalized spacial score (nSPS) is 12.8. The summed E-state index contributed by atoms with van der Waals surface area (Å²) in [6.45, 7) is 4.30. The number of aromatic nitrogens is 2. The van der Waals surface area contributed by atoms with Crippen molar-refractivity contribution >= 4 is 5.91 Å². The first-order valence-electron chi connectivity index (χ1n) is 5.14. The third-order valence-corrected chi connectivity index (χ3v) is 2.32. The Morgan fingerprint density at radius 2 is 2.38 bits per heavy atom. The maximum atomic E-state index is 11.6. The van der Waals surface area contributed by atoms with Gasteiger partial charge in [0.25, 0.3) is 5.91 Å². The van der Waals surface area contributed by atoms with Gasteiger partial charge in [-0.1, -0.05) is 13.8 Å². The molecule has 1 aromatic rings. The Hall–Kier alpha value is -1.40. The van der Waals surface area contributed by atoms with E-state index in [0.717, 1.165) is 5.82 Å². The van der Waals surface area contributed by atoms with E-state index < -0.39 is 6.04 Å². The highest BCUT2D eigenvalue weighted by atomic mass is 16.5. The van der Waals surface area contributed by atoms with Gasteiger partial charge < -0.3 is 9.30 Å². The molecule has 0 aliphatic rings. The smallest absolute Gasteiger partial charge is 0.259 e. The number of hydrazine groups is 1. The van der Waals surface area contributed by atoms with E-state index in [1.165, 1.54) is 0 Å². The average Bonchev–Trinajstić information content (AvgIpc) is 2.73. The molecule has 1 rings (SSSR count). The average molecular weight is 226 g/mol. The number of hydrogen-bond acceptors (Lipinski definition) is 4. The van der Waals surface area contributed by atoms with Crippen LogP contribution in [0.15, 0.2) is 12.4 Å². The van der Waals surface area contributed by atoms with Crippen molar-refractivity contribution in [3.05, 3.63) is 18.2 Å². The second-order valence-corrected chi connectivity index (χ2v) is 3.83. The van der Waals surface area contributed by atoms with Crippen molar-refractivity contribution in [2.75, 3.05) is 13.7 Å². The molecule has 0 fully saturated rings. The number of imidazole rings is 1. The standard InChI is InChI=1S/C10H18N4O2/c1-7(2)9-12-4-5-14(9)8(6-16-3)10(15)13-11/h4-5,7-8H,6,11H2,1-3H3,(H,13,15). The second-order valence-electron chi connectivity index (χ2n) is 3.83. The molecule has 1 atom stereocenters. The van der Waals surface area contributed by atoms with Gasteiger partial charge in [0.1, 0.15) is 11.9 Å². The summed E-state index contributed by atoms with van der Waals surface area (Å²) in [5, 5.41) is 0. The number of ether oxygens (including phenoxy) is 1. The molecule has 16 heavy (non-hydrogen) atoms. The molecular weight excluding hydrogens is 208 g/mol. The Morgan fingerprint density at radius 1 is 1.69 bits per heavy atom. The maximum absolute atomic E-state index is 11.6. The molecule has 1 heterocycles. The van der Waals surface area contributed by atoms with E-state index >= 15 is 0 Å². The molecule has 0 bridgehead atoms. The van der Waals surface area contributed by atoms with Crippen molar-refractivity contribution in [2.45, 2.75) is 25.8 Å². The van der Waals surface area contributed by atoms with Gasteiger partial charge in [-0.15, -0.1) is 0 Å². The van der Waals surface area contributed by atoms with E-state index in [1.807, 2.05) is 13.8 Å². The lowest BCUT2D eigenvalue weighted by Gasteiger charge is -2.19. The van der Waals surface area contributed by atoms with E-state index in [4.69, 9.17) is 10.6 Å². The molecule has 0 saturated carbocycles. The molecule has 1 aromatic heterocycles. The fraction of sp³-hybridized carbons (Fsp3) is 0.600. The molecule has 6 heteroatoms. The predicted octanol–water partition coefficient (Wildman–Crippen LogP) is 0.184. The van der Waals surface area contributed by atoms with Gasteiger partial charge in [0.15, 0.2) is 0 Å². The van der Waals surface area contributed by atoms with Gasteiger partial charge >= 0.3 is 0 Å². The minimum absolute atomic E-state index is 0.236. The largest absolute Gasteiger partial charge is 0.382 e. The second kappa shape index (κ2) is 5.62. The number of methoxy groups -OCH3 is 1. The van der Waals surface area contributed by atoms with Gasteiger partial charge in [-0.2, -0.15) is 0 Å². The highest BCUT2D eigenvalue weighted by Gasteiger charge is 2.22. The summed E-state index contributed by atoms with van der Waals surface area (Å²) in [5.41, 5.74) is 2.14. The number of nitrogens with one attached hydrogen (secondary N) is 1. The maximum Gasteiger partial charge on any atom is 0.259 e. The molecule has 0 spiro atoms. The molecule has 0 radical (unpaired) electrons. The van der Waals surface area contributed by atoms with Crippen LogP contribution in [0.3, 0.4) is 0 Å². The van der Waals surface area contributed by atoms with Gasteiger partial charge in [-0.25, -0.2) is 10.8 Å². The lowest BCUT2D eigenvalue weighted by Crippen LogP contribution is -2.39. The Labute approximate surface area is 94.8 Å². The van der Waals surface area contributed by atoms with Gasteiger partial charge in [0, 0.05) is 25.4 Å². The van der Waals surface area contributed by atoms with Gasteiger partial charge in [0.2, 0.25) is 0 Å². The summed E-state index contributed by atoms with van der Waals surface area (Å²) in [4.78, 5) is 15.8. The van der Waals surface area contributed by atoms with E-state index in [-0.39, 0.29) is 18.4 Å². The fourth-order valence-corrected chi connectivity index (χ4v) is 1.57. The third kappa shape index (κ3) is 2.59. The van der Waals surface area contributed by atoms with Crippen molar-refractivity contribution in [1.82, 2.24) is 15.0 Å². The quantitative estimate of drug-likeness (QED) is 0.426. The Kier molecular flexibility index (Phi) is 4.45. The van der Waals surface area contributed by atoms with Crippen LogP contribution in [0, 0.1) is 0 Å². The summed E-state index contributed by atoms with van der Waals surface area (Å²) >= 11 is 0. The summed E-state index contributed by atoms with van der Waals surface area (Å²) in [7, 11) is 1.54. The van der Waals surface area contributed by atoms with E-state index in [0.29, 0.717) is 0 Å². The lowest BCUT2D eigenvalue weighted by molar-refractivity contribution is -0.126. The highest BCUT2D eigenvalue weighted by molar-refractivity contribution is 5.79. The van der Waals surface area contributed by atoms with Crippen molar-refractivity contribution in [3.63, 3.8) is 0 Å². The van der Waals surface area contributed by atoms with E-state index in [2.05, 4.69) is 10.4 Å². The Morgan fingerprint density at radius 3 is 2.88 bits per heavy atom. The van der Waals surface area contributed by atoms with Crippen molar-refractivity contribution < 1.29 is 9.53 Å². The van der Waals surface area contributed by atoms with Crippen molar-refractivity contribution in [2.24, 2.45) is 5.84 Å². The number of carbonyl (C=O) groups excluding carboxylic acids is 1. The zero-order chi connectivity index (χ0) is 12.1. The molecule has 0 saturated heterocycles. The first-order valence-corrected chi connectivity index (χ1v) is 5.14. The molecule has 3 N–H and O–H groups in total. The van der Waals surface area contributed by atoms with Crippen LogP contribution in [-0.2, 0) is 9.53 Å². The van der Waals surface area contributed by atoms with Crippen LogP contribution in [0.5, 0.6) is 0 Å². The zero-order valence-electron chi connectivity index (χ0n) is 9.80. The summed E-state index contributed by atoms with van der Waals surface area (Å²) in [5.74, 6) is 5.93. The first kappa shape index (κ1) is 12.7. The lowest BCUT2D eigenvalue weighted by atomic mass is 10.2. The predicted molar refractivity (Wildman–Crippen MR) is 59.6 cm³/mol. The zero-order valence-corrected chi connectivity index (χ0v) is 9.80. The number of nitrogens with zero attached hydrogens (tertiary/aromatic N) is 2. The number of nitrogens with two attached hydrogens (primary N) is 1. The molecule has 1 unspecified atom stereocenters. The third-order valence-electron chi connectivity index (χ3n) is 2.32. The van der Waals surface area contributed by atoms with Gasteiger partial charge in [-0.3, -0.25) is 10.2 Å². The minimum atomic E-state index is -0.477. The Bertz CT molecular complexity index is 348. The summed E-state index contributed by atoms with van der Waals surface area (Å²) < 4.78 is 6.81. The topological polar surface area (TPSA) is 82.2 Å². The molecule has 6 nitrogen and oxygen atoms in total. The number of carbonyl (C=O) groups is 1. The van der Waals surface area contributed by atoms with Crippen molar-refractivity contribution in [1.29, 1.82) is 0 Å². The van der Waals surface area contributed by atoms with Crippen LogP contribution >= 0.6 is 0 Å². The SMILES string of the molecule is COCC(C(=O)NN)n1ccnc1C(C)C. The van der Waals surface area contributed by atoms with E-state index in [1.54, 1.807) is 24.1 Å². The summed E-state index contributed by atoms with van der Waals surface area (Å²) in [6, 6.07) is -0.477. The first-order chi connectivity index (χ1) is 7.61. The number of rotatable bonds is 5. The van der Waals surface area contributed by atoms with Crippen LogP contribution < -0.4 is 11.3 Å². The molecule has 0 aliphatic carbocycles.